The van der Waals surface area contributed by atoms with E-state index >= 15 is 0 Å². The van der Waals surface area contributed by atoms with Gasteiger partial charge in [0.1, 0.15) is 5.52 Å². The first-order valence-electron chi connectivity index (χ1n) is 6.25. The Hall–Kier alpha value is -2.01. The predicted octanol–water partition coefficient (Wildman–Crippen LogP) is 1.38. The SMILES string of the molecule is CC(C)C(O)CNC(=O)c1cccc2nccnc12. The lowest BCUT2D eigenvalue weighted by Gasteiger charge is -2.15. The highest BCUT2D eigenvalue weighted by atomic mass is 16.3. The molecule has 5 nitrogen and oxygen atoms in total. The van der Waals surface area contributed by atoms with Crippen molar-refractivity contribution >= 4 is 16.9 Å². The number of carbonyl (C=O) groups is 1. The molecule has 0 aliphatic carbocycles. The van der Waals surface area contributed by atoms with Crippen LogP contribution in [0.5, 0.6) is 0 Å². The number of hydrogen-bond acceptors (Lipinski definition) is 4. The number of fused-ring (bicyclic) bond motifs is 1. The van der Waals surface area contributed by atoms with E-state index in [0.29, 0.717) is 16.6 Å². The van der Waals surface area contributed by atoms with Gasteiger partial charge in [0.15, 0.2) is 0 Å². The van der Waals surface area contributed by atoms with Crippen LogP contribution in [0.3, 0.4) is 0 Å². The Bertz CT molecular complexity index is 578. The molecule has 1 aromatic carbocycles. The summed E-state index contributed by atoms with van der Waals surface area (Å²) in [6.45, 7) is 4.04. The molecule has 2 N–H and O–H groups in total. The predicted molar refractivity (Wildman–Crippen MR) is 72.7 cm³/mol. The number of carbonyl (C=O) groups excluding carboxylic acids is 1. The fourth-order valence-electron chi connectivity index (χ4n) is 1.70. The number of benzene rings is 1. The zero-order chi connectivity index (χ0) is 13.8. The van der Waals surface area contributed by atoms with Crippen LogP contribution in [0.2, 0.25) is 0 Å². The highest BCUT2D eigenvalue weighted by Crippen LogP contribution is 2.13. The normalized spacial score (nSPS) is 12.6. The molecule has 0 radical (unpaired) electrons. The molecule has 0 saturated carbocycles. The fraction of sp³-hybridized carbons (Fsp3) is 0.357. The first-order valence-corrected chi connectivity index (χ1v) is 6.25. The highest BCUT2D eigenvalue weighted by Gasteiger charge is 2.14. The Labute approximate surface area is 111 Å². The van der Waals surface area contributed by atoms with Gasteiger partial charge in [0.05, 0.1) is 17.2 Å². The summed E-state index contributed by atoms with van der Waals surface area (Å²) in [5.41, 5.74) is 1.72. The Morgan fingerprint density at radius 1 is 1.32 bits per heavy atom. The first-order chi connectivity index (χ1) is 9.09. The van der Waals surface area contributed by atoms with E-state index in [4.69, 9.17) is 0 Å². The van der Waals surface area contributed by atoms with Crippen molar-refractivity contribution in [1.29, 1.82) is 0 Å². The van der Waals surface area contributed by atoms with Gasteiger partial charge in [-0.2, -0.15) is 0 Å². The molecule has 0 fully saturated rings. The van der Waals surface area contributed by atoms with E-state index in [9.17, 15) is 9.90 Å². The van der Waals surface area contributed by atoms with Crippen LogP contribution in [-0.4, -0.2) is 33.6 Å². The number of hydrogen-bond donors (Lipinski definition) is 2. The van der Waals surface area contributed by atoms with Gasteiger partial charge in [-0.1, -0.05) is 19.9 Å². The largest absolute Gasteiger partial charge is 0.391 e. The summed E-state index contributed by atoms with van der Waals surface area (Å²) < 4.78 is 0. The lowest BCUT2D eigenvalue weighted by atomic mass is 10.1. The molecule has 1 atom stereocenters. The number of para-hydroxylation sites is 1. The summed E-state index contributed by atoms with van der Waals surface area (Å²) in [5.74, 6) is -0.140. The van der Waals surface area contributed by atoms with Gasteiger partial charge >= 0.3 is 0 Å². The zero-order valence-electron chi connectivity index (χ0n) is 11.0. The van der Waals surface area contributed by atoms with Crippen LogP contribution >= 0.6 is 0 Å². The summed E-state index contributed by atoms with van der Waals surface area (Å²) in [4.78, 5) is 20.4. The van der Waals surface area contributed by atoms with E-state index in [1.54, 1.807) is 24.5 Å². The molecule has 0 bridgehead atoms. The van der Waals surface area contributed by atoms with Gasteiger partial charge in [-0.25, -0.2) is 0 Å². The molecule has 1 amide bonds. The monoisotopic (exact) mass is 259 g/mol. The minimum absolute atomic E-state index is 0.104. The summed E-state index contributed by atoms with van der Waals surface area (Å²) >= 11 is 0. The Morgan fingerprint density at radius 2 is 2.05 bits per heavy atom. The van der Waals surface area contributed by atoms with Gasteiger partial charge in [-0.15, -0.1) is 0 Å². The van der Waals surface area contributed by atoms with Crippen molar-refractivity contribution in [3.05, 3.63) is 36.2 Å². The van der Waals surface area contributed by atoms with E-state index in [-0.39, 0.29) is 18.4 Å². The Morgan fingerprint density at radius 3 is 2.79 bits per heavy atom. The number of aromatic nitrogens is 2. The maximum absolute atomic E-state index is 12.1. The topological polar surface area (TPSA) is 75.1 Å². The number of nitrogens with one attached hydrogen (secondary N) is 1. The first kappa shape index (κ1) is 13.4. The second kappa shape index (κ2) is 5.75. The summed E-state index contributed by atoms with van der Waals surface area (Å²) in [5, 5.41) is 12.4. The molecule has 2 rings (SSSR count). The second-order valence-electron chi connectivity index (χ2n) is 4.75. The molecule has 1 heterocycles. The van der Waals surface area contributed by atoms with Crippen molar-refractivity contribution in [3.63, 3.8) is 0 Å². The third kappa shape index (κ3) is 3.06. The van der Waals surface area contributed by atoms with Crippen LogP contribution in [0.1, 0.15) is 24.2 Å². The lowest BCUT2D eigenvalue weighted by molar-refractivity contribution is 0.0873. The molecule has 0 spiro atoms. The average Bonchev–Trinajstić information content (AvgIpc) is 2.43. The molecule has 100 valence electrons. The van der Waals surface area contributed by atoms with Gasteiger partial charge < -0.3 is 10.4 Å². The molecule has 0 saturated heterocycles. The average molecular weight is 259 g/mol. The van der Waals surface area contributed by atoms with Crippen molar-refractivity contribution in [2.24, 2.45) is 5.92 Å². The van der Waals surface area contributed by atoms with Crippen LogP contribution in [0.25, 0.3) is 11.0 Å². The molecule has 1 unspecified atom stereocenters. The van der Waals surface area contributed by atoms with Crippen molar-refractivity contribution in [2.45, 2.75) is 20.0 Å². The van der Waals surface area contributed by atoms with Crippen LogP contribution in [0, 0.1) is 5.92 Å². The number of aliphatic hydroxyl groups excluding tert-OH is 1. The standard InChI is InChI=1S/C14H17N3O2/c1-9(2)12(18)8-17-14(19)10-4-3-5-11-13(10)16-7-6-15-11/h3-7,9,12,18H,8H2,1-2H3,(H,17,19). The highest BCUT2D eigenvalue weighted by molar-refractivity contribution is 6.04. The molecule has 5 heteroatoms. The number of nitrogens with zero attached hydrogens (tertiary/aromatic N) is 2. The van der Waals surface area contributed by atoms with Gasteiger partial charge in [0, 0.05) is 18.9 Å². The third-order valence-electron chi connectivity index (χ3n) is 2.98. The fourth-order valence-corrected chi connectivity index (χ4v) is 1.70. The second-order valence-corrected chi connectivity index (χ2v) is 4.75. The van der Waals surface area contributed by atoms with E-state index < -0.39 is 6.10 Å². The van der Waals surface area contributed by atoms with E-state index in [0.717, 1.165) is 0 Å². The van der Waals surface area contributed by atoms with Crippen LogP contribution in [0.15, 0.2) is 30.6 Å². The Kier molecular flexibility index (Phi) is 4.06. The van der Waals surface area contributed by atoms with Gasteiger partial charge in [0.25, 0.3) is 5.91 Å². The van der Waals surface area contributed by atoms with E-state index in [2.05, 4.69) is 15.3 Å². The Balaban J connectivity index is 2.18. The van der Waals surface area contributed by atoms with Crippen LogP contribution < -0.4 is 5.32 Å². The number of rotatable bonds is 4. The zero-order valence-corrected chi connectivity index (χ0v) is 11.0. The lowest BCUT2D eigenvalue weighted by Crippen LogP contribution is -2.34. The van der Waals surface area contributed by atoms with Gasteiger partial charge in [0.2, 0.25) is 0 Å². The molecule has 2 aromatic rings. The van der Waals surface area contributed by atoms with Gasteiger partial charge in [-0.3, -0.25) is 14.8 Å². The number of amides is 1. The van der Waals surface area contributed by atoms with Crippen molar-refractivity contribution in [3.8, 4) is 0 Å². The minimum atomic E-state index is -0.551. The third-order valence-corrected chi connectivity index (χ3v) is 2.98. The summed E-state index contributed by atoms with van der Waals surface area (Å²) in [6.07, 6.45) is 2.60. The molecule has 0 aliphatic rings. The van der Waals surface area contributed by atoms with Crippen molar-refractivity contribution in [2.75, 3.05) is 6.54 Å². The van der Waals surface area contributed by atoms with Crippen LogP contribution in [-0.2, 0) is 0 Å². The smallest absolute Gasteiger partial charge is 0.253 e. The number of aliphatic hydroxyl groups is 1. The molecular formula is C14H17N3O2. The molecule has 1 aromatic heterocycles. The maximum atomic E-state index is 12.1. The van der Waals surface area contributed by atoms with Crippen LogP contribution in [0.4, 0.5) is 0 Å². The molecule has 0 aliphatic heterocycles. The van der Waals surface area contributed by atoms with E-state index in [1.807, 2.05) is 19.9 Å². The van der Waals surface area contributed by atoms with Gasteiger partial charge in [-0.05, 0) is 18.1 Å². The minimum Gasteiger partial charge on any atom is -0.391 e. The summed E-state index contributed by atoms with van der Waals surface area (Å²) in [6, 6.07) is 5.28. The summed E-state index contributed by atoms with van der Waals surface area (Å²) in [7, 11) is 0. The van der Waals surface area contributed by atoms with E-state index in [1.165, 1.54) is 0 Å². The van der Waals surface area contributed by atoms with Crippen molar-refractivity contribution in [1.82, 2.24) is 15.3 Å². The molecular weight excluding hydrogens is 242 g/mol. The quantitative estimate of drug-likeness (QED) is 0.869. The molecule has 19 heavy (non-hydrogen) atoms. The van der Waals surface area contributed by atoms with Crippen molar-refractivity contribution < 1.29 is 9.90 Å². The maximum Gasteiger partial charge on any atom is 0.253 e.